The molecule has 0 saturated heterocycles. The molecule has 1 aliphatic rings. The number of hydrogen-bond acceptors (Lipinski definition) is 4. The number of rotatable bonds is 7. The first kappa shape index (κ1) is 23.0. The lowest BCUT2D eigenvalue weighted by atomic mass is 9.98. The molecule has 34 heavy (non-hydrogen) atoms. The number of benzene rings is 3. The maximum atomic E-state index is 12.4. The standard InChI is InChI=1S/C27H26N2O5/c1-16-13-18(26(31)32)11-12-24(16)29-25(30)14-17(2)28-27(33)34-15-23-21-9-5-3-7-19(21)20-8-4-6-10-22(20)23/h3-13,17,23H,14-15H2,1-2H3,(H,28,33)(H,29,30)(H,31,32)/t17-/m0/s1. The molecule has 0 heterocycles. The number of anilines is 1. The molecule has 0 spiro atoms. The smallest absolute Gasteiger partial charge is 0.407 e. The number of carbonyl (C=O) groups excluding carboxylic acids is 2. The van der Waals surface area contributed by atoms with E-state index in [9.17, 15) is 14.4 Å². The van der Waals surface area contributed by atoms with Crippen LogP contribution in [0.4, 0.5) is 10.5 Å². The van der Waals surface area contributed by atoms with E-state index in [-0.39, 0.29) is 30.4 Å². The molecule has 1 atom stereocenters. The summed E-state index contributed by atoms with van der Waals surface area (Å²) < 4.78 is 5.53. The average Bonchev–Trinajstić information content (AvgIpc) is 3.12. The molecule has 0 bridgehead atoms. The van der Waals surface area contributed by atoms with E-state index >= 15 is 0 Å². The lowest BCUT2D eigenvalue weighted by Gasteiger charge is -2.17. The molecule has 0 radical (unpaired) electrons. The molecule has 7 nitrogen and oxygen atoms in total. The number of carboxylic acid groups (broad SMARTS) is 1. The van der Waals surface area contributed by atoms with Gasteiger partial charge in [0, 0.05) is 24.1 Å². The predicted molar refractivity (Wildman–Crippen MR) is 129 cm³/mol. The maximum absolute atomic E-state index is 12.4. The largest absolute Gasteiger partial charge is 0.478 e. The fourth-order valence-corrected chi connectivity index (χ4v) is 4.31. The zero-order chi connectivity index (χ0) is 24.2. The van der Waals surface area contributed by atoms with Gasteiger partial charge in [0.15, 0.2) is 0 Å². The van der Waals surface area contributed by atoms with Crippen LogP contribution in [0, 0.1) is 6.92 Å². The summed E-state index contributed by atoms with van der Waals surface area (Å²) in [7, 11) is 0. The molecule has 0 saturated carbocycles. The summed E-state index contributed by atoms with van der Waals surface area (Å²) in [6.45, 7) is 3.65. The number of fused-ring (bicyclic) bond motifs is 3. The Kier molecular flexibility index (Phi) is 6.63. The van der Waals surface area contributed by atoms with E-state index in [1.165, 1.54) is 12.1 Å². The Morgan fingerprint density at radius 2 is 1.59 bits per heavy atom. The Labute approximate surface area is 197 Å². The van der Waals surface area contributed by atoms with Gasteiger partial charge in [0.25, 0.3) is 0 Å². The van der Waals surface area contributed by atoms with E-state index in [1.54, 1.807) is 19.9 Å². The summed E-state index contributed by atoms with van der Waals surface area (Å²) in [6.07, 6.45) is -0.534. The molecule has 4 rings (SSSR count). The van der Waals surface area contributed by atoms with Gasteiger partial charge in [-0.1, -0.05) is 48.5 Å². The van der Waals surface area contributed by atoms with E-state index in [0.29, 0.717) is 11.3 Å². The van der Waals surface area contributed by atoms with Crippen molar-refractivity contribution in [3.8, 4) is 11.1 Å². The van der Waals surface area contributed by atoms with Crippen LogP contribution in [-0.2, 0) is 9.53 Å². The maximum Gasteiger partial charge on any atom is 0.407 e. The Morgan fingerprint density at radius 1 is 0.971 bits per heavy atom. The number of nitrogens with one attached hydrogen (secondary N) is 2. The monoisotopic (exact) mass is 458 g/mol. The van der Waals surface area contributed by atoms with Crippen molar-refractivity contribution in [3.63, 3.8) is 0 Å². The van der Waals surface area contributed by atoms with Crippen LogP contribution in [0.15, 0.2) is 66.7 Å². The fraction of sp³-hybridized carbons (Fsp3) is 0.222. The topological polar surface area (TPSA) is 105 Å². The molecule has 174 valence electrons. The van der Waals surface area contributed by atoms with Crippen molar-refractivity contribution in [2.24, 2.45) is 0 Å². The Bertz CT molecular complexity index is 1210. The third-order valence-electron chi connectivity index (χ3n) is 5.95. The molecule has 3 N–H and O–H groups in total. The number of amides is 2. The minimum absolute atomic E-state index is 0.0338. The summed E-state index contributed by atoms with van der Waals surface area (Å²) in [5, 5.41) is 14.5. The molecule has 7 heteroatoms. The molecule has 3 aromatic rings. The van der Waals surface area contributed by atoms with Gasteiger partial charge in [0.05, 0.1) is 5.56 Å². The van der Waals surface area contributed by atoms with Gasteiger partial charge in [-0.15, -0.1) is 0 Å². The average molecular weight is 459 g/mol. The van der Waals surface area contributed by atoms with Gasteiger partial charge in [-0.05, 0) is 59.9 Å². The van der Waals surface area contributed by atoms with Crippen LogP contribution >= 0.6 is 0 Å². The first-order valence-corrected chi connectivity index (χ1v) is 11.1. The van der Waals surface area contributed by atoms with Gasteiger partial charge in [-0.25, -0.2) is 9.59 Å². The van der Waals surface area contributed by atoms with Gasteiger partial charge in [-0.2, -0.15) is 0 Å². The van der Waals surface area contributed by atoms with Crippen molar-refractivity contribution in [2.45, 2.75) is 32.2 Å². The lowest BCUT2D eigenvalue weighted by Crippen LogP contribution is -2.36. The van der Waals surface area contributed by atoms with Crippen LogP contribution in [0.3, 0.4) is 0 Å². The molecule has 0 fully saturated rings. The van der Waals surface area contributed by atoms with E-state index in [0.717, 1.165) is 22.3 Å². The van der Waals surface area contributed by atoms with Crippen LogP contribution in [0.25, 0.3) is 11.1 Å². The molecule has 0 aliphatic heterocycles. The molecule has 2 amide bonds. The van der Waals surface area contributed by atoms with Gasteiger partial charge < -0.3 is 20.5 Å². The van der Waals surface area contributed by atoms with E-state index < -0.39 is 18.1 Å². The zero-order valence-corrected chi connectivity index (χ0v) is 19.0. The van der Waals surface area contributed by atoms with Crippen molar-refractivity contribution < 1.29 is 24.2 Å². The summed E-state index contributed by atoms with van der Waals surface area (Å²) in [5.74, 6) is -1.35. The molecule has 0 aromatic heterocycles. The van der Waals surface area contributed by atoms with Crippen LogP contribution in [0.2, 0.25) is 0 Å². The second-order valence-electron chi connectivity index (χ2n) is 8.46. The Morgan fingerprint density at radius 3 is 2.18 bits per heavy atom. The van der Waals surface area contributed by atoms with Crippen molar-refractivity contribution in [1.82, 2.24) is 5.32 Å². The lowest BCUT2D eigenvalue weighted by molar-refractivity contribution is -0.116. The highest BCUT2D eigenvalue weighted by molar-refractivity contribution is 5.94. The highest BCUT2D eigenvalue weighted by Gasteiger charge is 2.29. The number of hydrogen-bond donors (Lipinski definition) is 3. The van der Waals surface area contributed by atoms with Crippen LogP contribution in [-0.4, -0.2) is 35.7 Å². The zero-order valence-electron chi connectivity index (χ0n) is 19.0. The Balaban J connectivity index is 1.30. The SMILES string of the molecule is Cc1cc(C(=O)O)ccc1NC(=O)C[C@H](C)NC(=O)OCC1c2ccccc2-c2ccccc21. The minimum Gasteiger partial charge on any atom is -0.478 e. The highest BCUT2D eigenvalue weighted by Crippen LogP contribution is 2.44. The summed E-state index contributed by atoms with van der Waals surface area (Å²) in [5.41, 5.74) is 5.91. The van der Waals surface area contributed by atoms with Crippen molar-refractivity contribution in [2.75, 3.05) is 11.9 Å². The van der Waals surface area contributed by atoms with Crippen LogP contribution < -0.4 is 10.6 Å². The Hall–Kier alpha value is -4.13. The quantitative estimate of drug-likeness (QED) is 0.465. The molecular formula is C27H26N2O5. The molecular weight excluding hydrogens is 432 g/mol. The number of aromatic carboxylic acids is 1. The van der Waals surface area contributed by atoms with Gasteiger partial charge in [-0.3, -0.25) is 4.79 Å². The first-order valence-electron chi connectivity index (χ1n) is 11.1. The number of aryl methyl sites for hydroxylation is 1. The summed E-state index contributed by atoms with van der Waals surface area (Å²) in [6, 6.07) is 20.3. The molecule has 1 aliphatic carbocycles. The van der Waals surface area contributed by atoms with Crippen molar-refractivity contribution in [1.29, 1.82) is 0 Å². The van der Waals surface area contributed by atoms with Crippen LogP contribution in [0.5, 0.6) is 0 Å². The fourth-order valence-electron chi connectivity index (χ4n) is 4.31. The minimum atomic E-state index is -1.03. The van der Waals surface area contributed by atoms with Crippen LogP contribution in [0.1, 0.15) is 46.3 Å². The normalized spacial score (nSPS) is 12.9. The number of alkyl carbamates (subject to hydrolysis) is 1. The van der Waals surface area contributed by atoms with E-state index in [1.807, 2.05) is 24.3 Å². The number of carbonyl (C=O) groups is 3. The van der Waals surface area contributed by atoms with Gasteiger partial charge in [0.2, 0.25) is 5.91 Å². The molecule has 0 unspecified atom stereocenters. The third kappa shape index (κ3) is 4.93. The predicted octanol–water partition coefficient (Wildman–Crippen LogP) is 4.95. The third-order valence-corrected chi connectivity index (χ3v) is 5.95. The number of carboxylic acids is 1. The van der Waals surface area contributed by atoms with Gasteiger partial charge >= 0.3 is 12.1 Å². The second-order valence-corrected chi connectivity index (χ2v) is 8.46. The highest BCUT2D eigenvalue weighted by atomic mass is 16.5. The summed E-state index contributed by atoms with van der Waals surface area (Å²) in [4.78, 5) is 35.9. The summed E-state index contributed by atoms with van der Waals surface area (Å²) >= 11 is 0. The first-order chi connectivity index (χ1) is 16.3. The van der Waals surface area contributed by atoms with E-state index in [2.05, 4.69) is 34.9 Å². The second kappa shape index (κ2) is 9.79. The van der Waals surface area contributed by atoms with E-state index in [4.69, 9.17) is 9.84 Å². The number of ether oxygens (including phenoxy) is 1. The van der Waals surface area contributed by atoms with Crippen molar-refractivity contribution in [3.05, 3.63) is 89.0 Å². The van der Waals surface area contributed by atoms with Crippen molar-refractivity contribution >= 4 is 23.7 Å². The van der Waals surface area contributed by atoms with Gasteiger partial charge in [0.1, 0.15) is 6.61 Å². The molecule has 3 aromatic carbocycles.